The van der Waals surface area contributed by atoms with Crippen LogP contribution in [0.3, 0.4) is 0 Å². The maximum Gasteiger partial charge on any atom is 0.0541 e. The van der Waals surface area contributed by atoms with E-state index < -0.39 is 8.07 Å². The summed E-state index contributed by atoms with van der Waals surface area (Å²) in [6.07, 6.45) is 3.13. The van der Waals surface area contributed by atoms with Crippen LogP contribution < -0.4 is 0 Å². The molecule has 1 unspecified atom stereocenters. The van der Waals surface area contributed by atoms with Gasteiger partial charge in [-0.3, -0.25) is 0 Å². The zero-order valence-corrected chi connectivity index (χ0v) is 10.9. The second-order valence-corrected chi connectivity index (χ2v) is 10.4. The Morgan fingerprint density at radius 3 is 2.00 bits per heavy atom. The summed E-state index contributed by atoms with van der Waals surface area (Å²) in [5, 5.41) is 7.99. The van der Waals surface area contributed by atoms with Crippen LogP contribution in [0, 0.1) is 5.41 Å². The number of allylic oxidation sites excluding steroid dienone is 2. The van der Waals surface area contributed by atoms with Gasteiger partial charge in [0.15, 0.2) is 0 Å². The van der Waals surface area contributed by atoms with E-state index in [2.05, 4.69) is 40.4 Å². The Labute approximate surface area is 83.8 Å². The van der Waals surface area contributed by atoms with E-state index in [1.165, 1.54) is 5.57 Å². The molecule has 0 rings (SSSR count). The van der Waals surface area contributed by atoms with Gasteiger partial charge in [0.05, 0.1) is 8.07 Å². The minimum absolute atomic E-state index is 0.516. The zero-order chi connectivity index (χ0) is 10.6. The van der Waals surface area contributed by atoms with Crippen molar-refractivity contribution >= 4 is 13.8 Å². The molecule has 1 nitrogen and oxygen atoms in total. The second kappa shape index (κ2) is 4.75. The SMILES string of the molecule is CCC(C(=N)C=C(C)C)[Si](C)(C)C. The molecule has 0 aromatic rings. The fourth-order valence-corrected chi connectivity index (χ4v) is 3.95. The van der Waals surface area contributed by atoms with Crippen molar-refractivity contribution in [2.75, 3.05) is 0 Å². The van der Waals surface area contributed by atoms with Crippen molar-refractivity contribution in [3.63, 3.8) is 0 Å². The highest BCUT2D eigenvalue weighted by atomic mass is 28.3. The standard InChI is InChI=1S/C11H23NSi/c1-7-11(13(4,5)6)10(12)8-9(2)3/h8,11-12H,7H2,1-6H3. The molecule has 0 fully saturated rings. The van der Waals surface area contributed by atoms with E-state index in [0.717, 1.165) is 12.1 Å². The minimum Gasteiger partial charge on any atom is -0.305 e. The topological polar surface area (TPSA) is 23.9 Å². The summed E-state index contributed by atoms with van der Waals surface area (Å²) < 4.78 is 0. The van der Waals surface area contributed by atoms with Gasteiger partial charge in [-0.2, -0.15) is 0 Å². The fraction of sp³-hybridized carbons (Fsp3) is 0.727. The lowest BCUT2D eigenvalue weighted by Gasteiger charge is -2.27. The summed E-state index contributed by atoms with van der Waals surface area (Å²) in [6.45, 7) is 13.3. The van der Waals surface area contributed by atoms with Crippen molar-refractivity contribution < 1.29 is 0 Å². The largest absolute Gasteiger partial charge is 0.305 e. The summed E-state index contributed by atoms with van der Waals surface area (Å²) in [7, 11) is -1.19. The molecular formula is C11H23NSi. The smallest absolute Gasteiger partial charge is 0.0541 e. The van der Waals surface area contributed by atoms with E-state index in [4.69, 9.17) is 5.41 Å². The quantitative estimate of drug-likeness (QED) is 0.518. The summed E-state index contributed by atoms with van der Waals surface area (Å²) in [6, 6.07) is 0. The molecular weight excluding hydrogens is 174 g/mol. The molecule has 0 amide bonds. The number of rotatable bonds is 4. The Bertz CT molecular complexity index is 207. The van der Waals surface area contributed by atoms with E-state index >= 15 is 0 Å². The first-order valence-electron chi connectivity index (χ1n) is 5.02. The van der Waals surface area contributed by atoms with Gasteiger partial charge in [0.1, 0.15) is 0 Å². The van der Waals surface area contributed by atoms with E-state index in [0.29, 0.717) is 5.54 Å². The molecule has 0 aromatic heterocycles. The monoisotopic (exact) mass is 197 g/mol. The van der Waals surface area contributed by atoms with Crippen LogP contribution in [0.4, 0.5) is 0 Å². The van der Waals surface area contributed by atoms with Crippen LogP contribution in [0.5, 0.6) is 0 Å². The molecule has 0 heterocycles. The van der Waals surface area contributed by atoms with Gasteiger partial charge >= 0.3 is 0 Å². The molecule has 0 radical (unpaired) electrons. The average molecular weight is 197 g/mol. The highest BCUT2D eigenvalue weighted by Gasteiger charge is 2.27. The van der Waals surface area contributed by atoms with Crippen LogP contribution in [-0.2, 0) is 0 Å². The van der Waals surface area contributed by atoms with Gasteiger partial charge in [-0.15, -0.1) is 0 Å². The predicted molar refractivity (Wildman–Crippen MR) is 64.5 cm³/mol. The molecule has 0 spiro atoms. The Balaban J connectivity index is 4.62. The Kier molecular flexibility index (Phi) is 4.61. The van der Waals surface area contributed by atoms with Crippen molar-refractivity contribution in [3.8, 4) is 0 Å². The second-order valence-electron chi connectivity index (χ2n) is 5.00. The predicted octanol–water partition coefficient (Wildman–Crippen LogP) is 4.09. The average Bonchev–Trinajstić information content (AvgIpc) is 1.82. The molecule has 1 N–H and O–H groups in total. The molecule has 1 atom stereocenters. The zero-order valence-electron chi connectivity index (χ0n) is 9.86. The Morgan fingerprint density at radius 2 is 1.77 bits per heavy atom. The van der Waals surface area contributed by atoms with Crippen molar-refractivity contribution in [3.05, 3.63) is 11.6 Å². The van der Waals surface area contributed by atoms with Crippen molar-refractivity contribution in [2.45, 2.75) is 52.4 Å². The lowest BCUT2D eigenvalue weighted by atomic mass is 10.1. The molecule has 0 aliphatic carbocycles. The van der Waals surface area contributed by atoms with Gasteiger partial charge in [0, 0.05) is 5.71 Å². The summed E-state index contributed by atoms with van der Waals surface area (Å²) >= 11 is 0. The van der Waals surface area contributed by atoms with Gasteiger partial charge in [-0.1, -0.05) is 38.6 Å². The van der Waals surface area contributed by atoms with Crippen LogP contribution in [-0.4, -0.2) is 13.8 Å². The van der Waals surface area contributed by atoms with Gasteiger partial charge in [0.2, 0.25) is 0 Å². The highest BCUT2D eigenvalue weighted by molar-refractivity contribution is 6.80. The number of hydrogen-bond acceptors (Lipinski definition) is 1. The number of hydrogen-bond donors (Lipinski definition) is 1. The molecule has 0 aromatic carbocycles. The first kappa shape index (κ1) is 12.6. The molecule has 2 heteroatoms. The summed E-state index contributed by atoms with van der Waals surface area (Å²) in [5.74, 6) is 0. The lowest BCUT2D eigenvalue weighted by Crippen LogP contribution is -2.32. The Hall–Kier alpha value is -0.373. The minimum atomic E-state index is -1.19. The van der Waals surface area contributed by atoms with Crippen LogP contribution in [0.1, 0.15) is 27.2 Å². The first-order valence-corrected chi connectivity index (χ1v) is 8.60. The third-order valence-electron chi connectivity index (χ3n) is 2.27. The van der Waals surface area contributed by atoms with E-state index in [-0.39, 0.29) is 0 Å². The maximum atomic E-state index is 7.99. The van der Waals surface area contributed by atoms with Gasteiger partial charge in [-0.05, 0) is 25.5 Å². The first-order chi connectivity index (χ1) is 5.79. The van der Waals surface area contributed by atoms with E-state index in [9.17, 15) is 0 Å². The fourth-order valence-electron chi connectivity index (χ4n) is 1.71. The molecule has 0 saturated heterocycles. The van der Waals surface area contributed by atoms with Crippen LogP contribution in [0.15, 0.2) is 11.6 Å². The number of nitrogens with one attached hydrogen (secondary N) is 1. The van der Waals surface area contributed by atoms with Crippen molar-refractivity contribution in [1.82, 2.24) is 0 Å². The van der Waals surface area contributed by atoms with Gasteiger partial charge in [-0.25, -0.2) is 0 Å². The summed E-state index contributed by atoms with van der Waals surface area (Å²) in [5.41, 5.74) is 2.59. The van der Waals surface area contributed by atoms with Crippen LogP contribution in [0.25, 0.3) is 0 Å². The highest BCUT2D eigenvalue weighted by Crippen LogP contribution is 2.27. The molecule has 0 saturated carbocycles. The van der Waals surface area contributed by atoms with Crippen molar-refractivity contribution in [2.24, 2.45) is 0 Å². The van der Waals surface area contributed by atoms with Crippen LogP contribution in [0.2, 0.25) is 25.2 Å². The molecule has 13 heavy (non-hydrogen) atoms. The third-order valence-corrected chi connectivity index (χ3v) is 5.08. The van der Waals surface area contributed by atoms with Gasteiger partial charge < -0.3 is 5.41 Å². The lowest BCUT2D eigenvalue weighted by molar-refractivity contribution is 0.946. The van der Waals surface area contributed by atoms with Crippen LogP contribution >= 0.6 is 0 Å². The van der Waals surface area contributed by atoms with E-state index in [1.807, 2.05) is 6.08 Å². The van der Waals surface area contributed by atoms with E-state index in [1.54, 1.807) is 0 Å². The van der Waals surface area contributed by atoms with Crippen molar-refractivity contribution in [1.29, 1.82) is 5.41 Å². The third kappa shape index (κ3) is 4.41. The maximum absolute atomic E-state index is 7.99. The Morgan fingerprint density at radius 1 is 1.31 bits per heavy atom. The summed E-state index contributed by atoms with van der Waals surface area (Å²) in [4.78, 5) is 0. The molecule has 0 aliphatic rings. The molecule has 0 bridgehead atoms. The molecule has 76 valence electrons. The normalized spacial score (nSPS) is 13.7. The molecule has 0 aliphatic heterocycles. The van der Waals surface area contributed by atoms with Gasteiger partial charge in [0.25, 0.3) is 0 Å².